The van der Waals surface area contributed by atoms with Gasteiger partial charge in [-0.05, 0) is 0 Å². The van der Waals surface area contributed by atoms with E-state index in [4.69, 9.17) is 10.4 Å². The summed E-state index contributed by atoms with van der Waals surface area (Å²) in [4.78, 5) is 3.73. The SMILES string of the molecule is N#C[B]n1cncc1CO. The molecule has 1 aromatic rings. The summed E-state index contributed by atoms with van der Waals surface area (Å²) in [6, 6.07) is 0. The van der Waals surface area contributed by atoms with Crippen molar-refractivity contribution in [2.45, 2.75) is 6.61 Å². The van der Waals surface area contributed by atoms with E-state index in [0.29, 0.717) is 5.69 Å². The van der Waals surface area contributed by atoms with Crippen molar-refractivity contribution in [3.63, 3.8) is 0 Å². The lowest BCUT2D eigenvalue weighted by atomic mass is 9.98. The number of nitrogens with zero attached hydrogens (tertiary/aromatic N) is 3. The number of aliphatic hydroxyl groups is 1. The van der Waals surface area contributed by atoms with Crippen LogP contribution in [0.5, 0.6) is 0 Å². The number of rotatable bonds is 2. The first-order valence-corrected chi connectivity index (χ1v) is 2.73. The van der Waals surface area contributed by atoms with E-state index in [1.165, 1.54) is 24.4 Å². The Hall–Kier alpha value is -1.28. The molecule has 0 saturated carbocycles. The maximum Gasteiger partial charge on any atom is 0.392 e. The zero-order valence-corrected chi connectivity index (χ0v) is 5.23. The third-order valence-corrected chi connectivity index (χ3v) is 1.11. The molecule has 1 N–H and O–H groups in total. The highest BCUT2D eigenvalue weighted by Crippen LogP contribution is 1.94. The molecule has 1 rings (SSSR count). The molecule has 0 fully saturated rings. The van der Waals surface area contributed by atoms with Gasteiger partial charge in [0.2, 0.25) is 0 Å². The summed E-state index contributed by atoms with van der Waals surface area (Å²) in [5.41, 5.74) is 0.613. The van der Waals surface area contributed by atoms with Gasteiger partial charge in [-0.15, -0.1) is 0 Å². The summed E-state index contributed by atoms with van der Waals surface area (Å²) >= 11 is 0. The third-order valence-electron chi connectivity index (χ3n) is 1.11. The number of nitriles is 1. The second-order valence-electron chi connectivity index (χ2n) is 1.71. The maximum absolute atomic E-state index is 8.64. The maximum atomic E-state index is 8.64. The minimum absolute atomic E-state index is 0.0990. The molecule has 4 nitrogen and oxygen atoms in total. The highest BCUT2D eigenvalue weighted by atomic mass is 16.3. The first-order chi connectivity index (χ1) is 4.88. The van der Waals surface area contributed by atoms with Crippen LogP contribution in [0.15, 0.2) is 12.5 Å². The van der Waals surface area contributed by atoms with Gasteiger partial charge in [-0.3, -0.25) is 0 Å². The number of hydrogen-bond acceptors (Lipinski definition) is 3. The molecule has 0 spiro atoms. The van der Waals surface area contributed by atoms with Gasteiger partial charge in [0, 0.05) is 12.2 Å². The fraction of sp³-hybridized carbons (Fsp3) is 0.200. The quantitative estimate of drug-likeness (QED) is 0.545. The zero-order valence-electron chi connectivity index (χ0n) is 5.23. The highest BCUT2D eigenvalue weighted by molar-refractivity contribution is 6.43. The van der Waals surface area contributed by atoms with Crippen molar-refractivity contribution in [3.05, 3.63) is 18.2 Å². The van der Waals surface area contributed by atoms with E-state index in [1.807, 2.05) is 5.97 Å². The Balaban J connectivity index is 2.82. The summed E-state index contributed by atoms with van der Waals surface area (Å²) in [7, 11) is 1.28. The summed E-state index contributed by atoms with van der Waals surface area (Å²) in [5.74, 6) is 1.83. The summed E-state index contributed by atoms with van der Waals surface area (Å²) in [6.07, 6.45) is 2.97. The van der Waals surface area contributed by atoms with Crippen LogP contribution >= 0.6 is 0 Å². The molecule has 0 aliphatic heterocycles. The molecule has 0 aromatic carbocycles. The Labute approximate surface area is 59.0 Å². The molecule has 1 aromatic heterocycles. The van der Waals surface area contributed by atoms with Crippen LogP contribution in [0.1, 0.15) is 5.69 Å². The van der Waals surface area contributed by atoms with Crippen LogP contribution in [0.25, 0.3) is 0 Å². The van der Waals surface area contributed by atoms with Crippen LogP contribution < -0.4 is 0 Å². The Kier molecular flexibility index (Phi) is 2.08. The van der Waals surface area contributed by atoms with Crippen LogP contribution in [-0.2, 0) is 6.61 Å². The van der Waals surface area contributed by atoms with Crippen molar-refractivity contribution >= 4 is 7.41 Å². The average molecular weight is 134 g/mol. The lowest BCUT2D eigenvalue weighted by Crippen LogP contribution is -2.06. The first-order valence-electron chi connectivity index (χ1n) is 2.73. The Morgan fingerprint density at radius 3 is 3.30 bits per heavy atom. The van der Waals surface area contributed by atoms with Crippen molar-refractivity contribution in [3.8, 4) is 5.97 Å². The Morgan fingerprint density at radius 1 is 1.90 bits per heavy atom. The number of imidazole rings is 1. The average Bonchev–Trinajstić information content (AvgIpc) is 2.36. The number of aromatic nitrogens is 2. The standard InChI is InChI=1S/C5H5BN3O/c7-3-6-9-4-8-1-5(9)2-10/h1,4,10H,2H2. The van der Waals surface area contributed by atoms with E-state index in [9.17, 15) is 0 Å². The molecule has 0 aliphatic rings. The largest absolute Gasteiger partial charge is 0.392 e. The van der Waals surface area contributed by atoms with Crippen LogP contribution in [0.4, 0.5) is 0 Å². The van der Waals surface area contributed by atoms with E-state index in [0.717, 1.165) is 0 Å². The predicted octanol–water partition coefficient (Wildman–Crippen LogP) is -0.676. The number of aliphatic hydroxyl groups excluding tert-OH is 1. The molecule has 0 amide bonds. The van der Waals surface area contributed by atoms with Crippen LogP contribution in [0.3, 0.4) is 0 Å². The molecule has 49 valence electrons. The monoisotopic (exact) mass is 134 g/mol. The van der Waals surface area contributed by atoms with E-state index in [2.05, 4.69) is 4.98 Å². The second-order valence-corrected chi connectivity index (χ2v) is 1.71. The van der Waals surface area contributed by atoms with Gasteiger partial charge in [-0.1, -0.05) is 0 Å². The molecule has 0 bridgehead atoms. The highest BCUT2D eigenvalue weighted by Gasteiger charge is 1.99. The van der Waals surface area contributed by atoms with Crippen molar-refractivity contribution in [2.24, 2.45) is 0 Å². The predicted molar refractivity (Wildman–Crippen MR) is 34.9 cm³/mol. The van der Waals surface area contributed by atoms with Crippen LogP contribution in [0.2, 0.25) is 0 Å². The van der Waals surface area contributed by atoms with E-state index in [1.54, 1.807) is 0 Å². The molecular weight excluding hydrogens is 129 g/mol. The molecule has 5 heteroatoms. The summed E-state index contributed by atoms with van der Waals surface area (Å²) < 4.78 is 1.47. The van der Waals surface area contributed by atoms with Crippen molar-refractivity contribution in [1.82, 2.24) is 9.46 Å². The smallest absolute Gasteiger partial charge is 0.390 e. The van der Waals surface area contributed by atoms with Crippen molar-refractivity contribution in [2.75, 3.05) is 0 Å². The van der Waals surface area contributed by atoms with E-state index < -0.39 is 0 Å². The molecule has 0 atom stereocenters. The normalized spacial score (nSPS) is 8.80. The zero-order chi connectivity index (χ0) is 7.40. The van der Waals surface area contributed by atoms with Gasteiger partial charge in [0.05, 0.1) is 18.6 Å². The van der Waals surface area contributed by atoms with Gasteiger partial charge in [-0.25, -0.2) is 10.2 Å². The Bertz CT molecular complexity index is 252. The minimum Gasteiger partial charge on any atom is -0.390 e. The van der Waals surface area contributed by atoms with Gasteiger partial charge in [0.1, 0.15) is 0 Å². The minimum atomic E-state index is -0.0990. The molecule has 1 radical (unpaired) electrons. The van der Waals surface area contributed by atoms with Crippen LogP contribution in [-0.4, -0.2) is 22.0 Å². The lowest BCUT2D eigenvalue weighted by Gasteiger charge is -1.95. The van der Waals surface area contributed by atoms with E-state index in [-0.39, 0.29) is 6.61 Å². The second kappa shape index (κ2) is 3.04. The fourth-order valence-corrected chi connectivity index (χ4v) is 0.633. The topological polar surface area (TPSA) is 61.8 Å². The van der Waals surface area contributed by atoms with Crippen molar-refractivity contribution in [1.29, 1.82) is 5.26 Å². The molecule has 0 unspecified atom stereocenters. The third kappa shape index (κ3) is 1.17. The molecule has 0 aliphatic carbocycles. The number of hydrogen-bond donors (Lipinski definition) is 1. The van der Waals surface area contributed by atoms with Gasteiger partial charge in [0.15, 0.2) is 0 Å². The first kappa shape index (κ1) is 6.84. The molecule has 1 heterocycles. The molecule has 10 heavy (non-hydrogen) atoms. The fourth-order valence-electron chi connectivity index (χ4n) is 0.633. The van der Waals surface area contributed by atoms with Crippen molar-refractivity contribution < 1.29 is 5.11 Å². The van der Waals surface area contributed by atoms with Gasteiger partial charge in [0.25, 0.3) is 0 Å². The summed E-state index contributed by atoms with van der Waals surface area (Å²) in [5, 5.41) is 16.9. The van der Waals surface area contributed by atoms with Crippen LogP contribution in [0, 0.1) is 11.2 Å². The van der Waals surface area contributed by atoms with E-state index >= 15 is 0 Å². The Morgan fingerprint density at radius 2 is 2.70 bits per heavy atom. The molecule has 0 saturated heterocycles. The lowest BCUT2D eigenvalue weighted by molar-refractivity contribution is 0.276. The van der Waals surface area contributed by atoms with Gasteiger partial charge < -0.3 is 9.58 Å². The molecular formula is C5H5BN3O. The van der Waals surface area contributed by atoms with Gasteiger partial charge in [-0.2, -0.15) is 0 Å². The summed E-state index contributed by atoms with van der Waals surface area (Å²) in [6.45, 7) is -0.0990. The van der Waals surface area contributed by atoms with Gasteiger partial charge >= 0.3 is 7.41 Å².